The van der Waals surface area contributed by atoms with Gasteiger partial charge in [-0.05, 0) is 41.9 Å². The summed E-state index contributed by atoms with van der Waals surface area (Å²) in [5.74, 6) is 1.50. The molecule has 112 valence electrons. The van der Waals surface area contributed by atoms with Gasteiger partial charge in [0, 0.05) is 5.54 Å². The molecule has 0 aromatic heterocycles. The molecular weight excluding hydrogens is 246 g/mol. The SMILES string of the molecule is CCC1(CC)CC(N)(c2ccc(OCC(C)C)cc2)C1. The van der Waals surface area contributed by atoms with Crippen LogP contribution in [0.15, 0.2) is 24.3 Å². The fraction of sp³-hybridized carbons (Fsp3) is 0.667. The molecule has 0 atom stereocenters. The molecule has 1 aromatic carbocycles. The molecule has 0 unspecified atom stereocenters. The van der Waals surface area contributed by atoms with Gasteiger partial charge in [0.25, 0.3) is 0 Å². The third kappa shape index (κ3) is 3.01. The van der Waals surface area contributed by atoms with Crippen molar-refractivity contribution >= 4 is 0 Å². The summed E-state index contributed by atoms with van der Waals surface area (Å²) in [7, 11) is 0. The van der Waals surface area contributed by atoms with E-state index in [2.05, 4.69) is 52.0 Å². The lowest BCUT2D eigenvalue weighted by Crippen LogP contribution is -2.55. The summed E-state index contributed by atoms with van der Waals surface area (Å²) in [6.45, 7) is 9.65. The molecule has 0 aliphatic heterocycles. The van der Waals surface area contributed by atoms with Gasteiger partial charge in [-0.2, -0.15) is 0 Å². The zero-order valence-corrected chi connectivity index (χ0v) is 13.4. The normalized spacial score (nSPS) is 19.7. The second-order valence-corrected chi connectivity index (χ2v) is 6.95. The van der Waals surface area contributed by atoms with E-state index in [-0.39, 0.29) is 5.54 Å². The summed E-state index contributed by atoms with van der Waals surface area (Å²) >= 11 is 0. The van der Waals surface area contributed by atoms with Crippen LogP contribution in [0, 0.1) is 11.3 Å². The first-order valence-electron chi connectivity index (χ1n) is 7.95. The van der Waals surface area contributed by atoms with E-state index in [9.17, 15) is 0 Å². The monoisotopic (exact) mass is 275 g/mol. The lowest BCUT2D eigenvalue weighted by Gasteiger charge is -2.54. The summed E-state index contributed by atoms with van der Waals surface area (Å²) in [6, 6.07) is 8.41. The fourth-order valence-corrected chi connectivity index (χ4v) is 3.39. The van der Waals surface area contributed by atoms with Crippen LogP contribution in [-0.4, -0.2) is 6.61 Å². The Balaban J connectivity index is 2.00. The number of rotatable bonds is 6. The molecule has 1 aliphatic carbocycles. The number of hydrogen-bond donors (Lipinski definition) is 1. The van der Waals surface area contributed by atoms with Crippen molar-refractivity contribution in [3.63, 3.8) is 0 Å². The van der Waals surface area contributed by atoms with E-state index in [4.69, 9.17) is 10.5 Å². The molecule has 0 heterocycles. The Morgan fingerprint density at radius 2 is 1.65 bits per heavy atom. The van der Waals surface area contributed by atoms with Gasteiger partial charge in [-0.25, -0.2) is 0 Å². The average Bonchev–Trinajstić information content (AvgIpc) is 2.42. The minimum absolute atomic E-state index is 0.122. The lowest BCUT2D eigenvalue weighted by atomic mass is 9.53. The van der Waals surface area contributed by atoms with E-state index in [1.165, 1.54) is 18.4 Å². The highest BCUT2D eigenvalue weighted by Gasteiger charge is 2.50. The van der Waals surface area contributed by atoms with Crippen LogP contribution in [0.25, 0.3) is 0 Å². The summed E-state index contributed by atoms with van der Waals surface area (Å²) in [6.07, 6.45) is 4.69. The van der Waals surface area contributed by atoms with Crippen molar-refractivity contribution in [2.24, 2.45) is 17.1 Å². The first-order chi connectivity index (χ1) is 9.43. The molecule has 2 nitrogen and oxygen atoms in total. The zero-order valence-electron chi connectivity index (χ0n) is 13.4. The zero-order chi connectivity index (χ0) is 14.8. The van der Waals surface area contributed by atoms with Crippen LogP contribution < -0.4 is 10.5 Å². The molecule has 0 amide bonds. The third-order valence-corrected chi connectivity index (χ3v) is 4.89. The van der Waals surface area contributed by atoms with Gasteiger partial charge >= 0.3 is 0 Å². The first kappa shape index (κ1) is 15.4. The Morgan fingerprint density at radius 1 is 1.10 bits per heavy atom. The summed E-state index contributed by atoms with van der Waals surface area (Å²) < 4.78 is 5.73. The largest absolute Gasteiger partial charge is 0.493 e. The Kier molecular flexibility index (Phi) is 4.43. The molecule has 0 radical (unpaired) electrons. The van der Waals surface area contributed by atoms with Crippen molar-refractivity contribution in [2.45, 2.75) is 58.9 Å². The van der Waals surface area contributed by atoms with Gasteiger partial charge in [0.15, 0.2) is 0 Å². The summed E-state index contributed by atoms with van der Waals surface area (Å²) in [5, 5.41) is 0. The highest BCUT2D eigenvalue weighted by atomic mass is 16.5. The third-order valence-electron chi connectivity index (χ3n) is 4.89. The molecule has 2 heteroatoms. The Bertz CT molecular complexity index is 423. The maximum absolute atomic E-state index is 6.58. The molecule has 1 aromatic rings. The van der Waals surface area contributed by atoms with E-state index in [0.717, 1.165) is 25.2 Å². The second kappa shape index (κ2) is 5.77. The number of ether oxygens (including phenoxy) is 1. The molecule has 2 N–H and O–H groups in total. The van der Waals surface area contributed by atoms with Crippen LogP contribution in [0.4, 0.5) is 0 Å². The van der Waals surface area contributed by atoms with E-state index in [1.807, 2.05) is 0 Å². The fourth-order valence-electron chi connectivity index (χ4n) is 3.39. The standard InChI is InChI=1S/C18H29NO/c1-5-17(6-2)12-18(19,13-17)15-7-9-16(10-8-15)20-11-14(3)4/h7-10,14H,5-6,11-13,19H2,1-4H3. The summed E-state index contributed by atoms with van der Waals surface area (Å²) in [4.78, 5) is 0. The molecule has 1 saturated carbocycles. The molecule has 0 spiro atoms. The Hall–Kier alpha value is -1.02. The van der Waals surface area contributed by atoms with Gasteiger partial charge < -0.3 is 10.5 Å². The minimum atomic E-state index is -0.122. The van der Waals surface area contributed by atoms with Gasteiger partial charge in [0.05, 0.1) is 6.61 Å². The van der Waals surface area contributed by atoms with Crippen LogP contribution in [0.2, 0.25) is 0 Å². The highest BCUT2D eigenvalue weighted by Crippen LogP contribution is 2.56. The van der Waals surface area contributed by atoms with E-state index in [0.29, 0.717) is 11.3 Å². The predicted octanol–water partition coefficient (Wildman–Crippen LogP) is 4.48. The number of hydrogen-bond acceptors (Lipinski definition) is 2. The maximum atomic E-state index is 6.58. The minimum Gasteiger partial charge on any atom is -0.493 e. The van der Waals surface area contributed by atoms with E-state index < -0.39 is 0 Å². The van der Waals surface area contributed by atoms with Crippen LogP contribution >= 0.6 is 0 Å². The van der Waals surface area contributed by atoms with Gasteiger partial charge in [-0.15, -0.1) is 0 Å². The molecule has 2 rings (SSSR count). The van der Waals surface area contributed by atoms with E-state index >= 15 is 0 Å². The molecule has 20 heavy (non-hydrogen) atoms. The maximum Gasteiger partial charge on any atom is 0.119 e. The predicted molar refractivity (Wildman–Crippen MR) is 84.9 cm³/mol. The summed E-state index contributed by atoms with van der Waals surface area (Å²) in [5.41, 5.74) is 8.19. The number of nitrogens with two attached hydrogens (primary N) is 1. The average molecular weight is 275 g/mol. The van der Waals surface area contributed by atoms with Gasteiger partial charge in [0.1, 0.15) is 5.75 Å². The Morgan fingerprint density at radius 3 is 2.10 bits per heavy atom. The van der Waals surface area contributed by atoms with Crippen molar-refractivity contribution in [2.75, 3.05) is 6.61 Å². The first-order valence-corrected chi connectivity index (χ1v) is 7.95. The Labute approximate surface area is 123 Å². The van der Waals surface area contributed by atoms with Crippen molar-refractivity contribution in [1.29, 1.82) is 0 Å². The van der Waals surface area contributed by atoms with E-state index in [1.54, 1.807) is 0 Å². The number of benzene rings is 1. The molecule has 0 saturated heterocycles. The molecule has 1 fully saturated rings. The van der Waals surface area contributed by atoms with Crippen LogP contribution in [-0.2, 0) is 5.54 Å². The molecule has 0 bridgehead atoms. The molecule has 1 aliphatic rings. The highest BCUT2D eigenvalue weighted by molar-refractivity contribution is 5.34. The van der Waals surface area contributed by atoms with Crippen LogP contribution in [0.1, 0.15) is 58.9 Å². The van der Waals surface area contributed by atoms with Crippen molar-refractivity contribution in [3.8, 4) is 5.75 Å². The smallest absolute Gasteiger partial charge is 0.119 e. The van der Waals surface area contributed by atoms with Gasteiger partial charge in [-0.1, -0.05) is 52.7 Å². The molecular formula is C18H29NO. The topological polar surface area (TPSA) is 35.2 Å². The van der Waals surface area contributed by atoms with Crippen molar-refractivity contribution in [3.05, 3.63) is 29.8 Å². The second-order valence-electron chi connectivity index (χ2n) is 6.95. The van der Waals surface area contributed by atoms with Crippen LogP contribution in [0.3, 0.4) is 0 Å². The van der Waals surface area contributed by atoms with Gasteiger partial charge in [-0.3, -0.25) is 0 Å². The van der Waals surface area contributed by atoms with Crippen molar-refractivity contribution in [1.82, 2.24) is 0 Å². The van der Waals surface area contributed by atoms with Crippen molar-refractivity contribution < 1.29 is 4.74 Å². The van der Waals surface area contributed by atoms with Crippen LogP contribution in [0.5, 0.6) is 5.75 Å². The quantitative estimate of drug-likeness (QED) is 0.831. The van der Waals surface area contributed by atoms with Gasteiger partial charge in [0.2, 0.25) is 0 Å². The lowest BCUT2D eigenvalue weighted by molar-refractivity contribution is 0.0166.